The molecule has 0 aliphatic heterocycles. The van der Waals surface area contributed by atoms with Crippen molar-refractivity contribution < 1.29 is 9.53 Å². The van der Waals surface area contributed by atoms with Crippen LogP contribution in [0.1, 0.15) is 44.6 Å². The lowest BCUT2D eigenvalue weighted by molar-refractivity contribution is 0.211. The molecule has 0 saturated heterocycles. The summed E-state index contributed by atoms with van der Waals surface area (Å²) in [6, 6.07) is 8.21. The number of nitrogens with zero attached hydrogens (tertiary/aromatic N) is 1. The van der Waals surface area contributed by atoms with Crippen LogP contribution in [0.4, 0.5) is 4.79 Å². The number of rotatable bonds is 7. The average Bonchev–Trinajstić information content (AvgIpc) is 2.38. The second kappa shape index (κ2) is 7.90. The molecule has 1 rings (SSSR count). The Morgan fingerprint density at radius 2 is 1.90 bits per heavy atom. The molecule has 1 aromatic carbocycles. The topological polar surface area (TPSA) is 55.6 Å². The van der Waals surface area contributed by atoms with Crippen LogP contribution in [-0.2, 0) is 0 Å². The molecule has 0 radical (unpaired) electrons. The quantitative estimate of drug-likeness (QED) is 0.832. The summed E-state index contributed by atoms with van der Waals surface area (Å²) in [6.07, 6.45) is 2.67. The van der Waals surface area contributed by atoms with Crippen molar-refractivity contribution in [2.75, 3.05) is 14.1 Å². The molecule has 0 heterocycles. The lowest BCUT2D eigenvalue weighted by atomic mass is 9.88. The first kappa shape index (κ1) is 16.5. The number of ether oxygens (including phenoxy) is 1. The minimum absolute atomic E-state index is 0.497. The van der Waals surface area contributed by atoms with Crippen LogP contribution in [0, 0.1) is 0 Å². The zero-order chi connectivity index (χ0) is 15.1. The summed E-state index contributed by atoms with van der Waals surface area (Å²) in [5.41, 5.74) is 6.29. The molecule has 0 aromatic heterocycles. The molecule has 1 amide bonds. The number of primary amides is 1. The van der Waals surface area contributed by atoms with Crippen molar-refractivity contribution in [3.05, 3.63) is 29.8 Å². The van der Waals surface area contributed by atoms with Gasteiger partial charge in [0.25, 0.3) is 0 Å². The van der Waals surface area contributed by atoms with E-state index in [-0.39, 0.29) is 0 Å². The molecule has 112 valence electrons. The van der Waals surface area contributed by atoms with Gasteiger partial charge in [0.15, 0.2) is 0 Å². The zero-order valence-corrected chi connectivity index (χ0v) is 12.9. The Kier molecular flexibility index (Phi) is 6.52. The van der Waals surface area contributed by atoms with Crippen LogP contribution in [0.2, 0.25) is 0 Å². The minimum atomic E-state index is -0.774. The highest BCUT2D eigenvalue weighted by atomic mass is 16.5. The smallest absolute Gasteiger partial charge is 0.409 e. The van der Waals surface area contributed by atoms with Gasteiger partial charge in [0.05, 0.1) is 0 Å². The summed E-state index contributed by atoms with van der Waals surface area (Å²) in [5.74, 6) is 1.03. The lowest BCUT2D eigenvalue weighted by Crippen LogP contribution is -2.26. The molecule has 2 atom stereocenters. The first-order chi connectivity index (χ1) is 9.43. The van der Waals surface area contributed by atoms with Crippen LogP contribution >= 0.6 is 0 Å². The number of amides is 1. The molecule has 4 nitrogen and oxygen atoms in total. The Labute approximate surface area is 121 Å². The molecular weight excluding hydrogens is 252 g/mol. The van der Waals surface area contributed by atoms with Gasteiger partial charge in [0, 0.05) is 6.04 Å². The van der Waals surface area contributed by atoms with Crippen molar-refractivity contribution in [3.63, 3.8) is 0 Å². The first-order valence-electron chi connectivity index (χ1n) is 7.17. The molecular formula is C16H26N2O2. The summed E-state index contributed by atoms with van der Waals surface area (Å²) in [4.78, 5) is 12.9. The number of hydrogen-bond acceptors (Lipinski definition) is 3. The third kappa shape index (κ3) is 5.21. The third-order valence-corrected chi connectivity index (χ3v) is 3.71. The molecule has 0 aliphatic carbocycles. The fourth-order valence-electron chi connectivity index (χ4n) is 2.32. The molecule has 2 N–H and O–H groups in total. The second-order valence-corrected chi connectivity index (χ2v) is 5.52. The van der Waals surface area contributed by atoms with E-state index in [0.717, 1.165) is 19.3 Å². The van der Waals surface area contributed by atoms with Crippen LogP contribution in [-0.4, -0.2) is 31.1 Å². The van der Waals surface area contributed by atoms with E-state index < -0.39 is 6.09 Å². The van der Waals surface area contributed by atoms with E-state index in [1.165, 1.54) is 5.56 Å². The minimum Gasteiger partial charge on any atom is -0.411 e. The fourth-order valence-corrected chi connectivity index (χ4v) is 2.32. The maximum Gasteiger partial charge on any atom is 0.409 e. The summed E-state index contributed by atoms with van der Waals surface area (Å²) in [7, 11) is 4.22. The summed E-state index contributed by atoms with van der Waals surface area (Å²) < 4.78 is 4.86. The Balaban J connectivity index is 2.78. The van der Waals surface area contributed by atoms with Gasteiger partial charge in [0.2, 0.25) is 0 Å². The van der Waals surface area contributed by atoms with E-state index in [0.29, 0.717) is 17.7 Å². The van der Waals surface area contributed by atoms with E-state index in [1.807, 2.05) is 24.3 Å². The van der Waals surface area contributed by atoms with Gasteiger partial charge in [-0.25, -0.2) is 4.79 Å². The Morgan fingerprint density at radius 1 is 1.30 bits per heavy atom. The molecule has 0 spiro atoms. The van der Waals surface area contributed by atoms with Gasteiger partial charge >= 0.3 is 6.09 Å². The van der Waals surface area contributed by atoms with E-state index in [4.69, 9.17) is 10.5 Å². The van der Waals surface area contributed by atoms with E-state index in [1.54, 1.807) is 0 Å². The predicted molar refractivity (Wildman–Crippen MR) is 82.1 cm³/mol. The molecule has 0 aliphatic rings. The Bertz CT molecular complexity index is 415. The third-order valence-electron chi connectivity index (χ3n) is 3.71. The Hall–Kier alpha value is -1.55. The zero-order valence-electron chi connectivity index (χ0n) is 12.9. The monoisotopic (exact) mass is 278 g/mol. The maximum absolute atomic E-state index is 10.7. The van der Waals surface area contributed by atoms with Gasteiger partial charge in [-0.15, -0.1) is 0 Å². The maximum atomic E-state index is 10.7. The number of carbonyl (C=O) groups excluding carboxylic acids is 1. The lowest BCUT2D eigenvalue weighted by Gasteiger charge is -2.25. The van der Waals surface area contributed by atoms with E-state index in [2.05, 4.69) is 32.8 Å². The Morgan fingerprint density at radius 3 is 2.35 bits per heavy atom. The standard InChI is InChI=1S/C16H26N2O2/c1-5-6-14(11-12(2)18(3)4)13-7-9-15(10-8-13)20-16(17)19/h7-10,12,14H,5-6,11H2,1-4H3,(H2,17,19). The van der Waals surface area contributed by atoms with Crippen molar-refractivity contribution in [2.45, 2.75) is 45.1 Å². The van der Waals surface area contributed by atoms with E-state index in [9.17, 15) is 4.79 Å². The molecule has 20 heavy (non-hydrogen) atoms. The van der Waals surface area contributed by atoms with Crippen molar-refractivity contribution in [3.8, 4) is 5.75 Å². The summed E-state index contributed by atoms with van der Waals surface area (Å²) >= 11 is 0. The molecule has 4 heteroatoms. The van der Waals surface area contributed by atoms with Gasteiger partial charge in [0.1, 0.15) is 5.75 Å². The highest BCUT2D eigenvalue weighted by molar-refractivity contribution is 5.68. The average molecular weight is 278 g/mol. The fraction of sp³-hybridized carbons (Fsp3) is 0.562. The van der Waals surface area contributed by atoms with Gasteiger partial charge < -0.3 is 15.4 Å². The van der Waals surface area contributed by atoms with Crippen LogP contribution in [0.3, 0.4) is 0 Å². The number of hydrogen-bond donors (Lipinski definition) is 1. The number of carbonyl (C=O) groups is 1. The van der Waals surface area contributed by atoms with Crippen LogP contribution in [0.25, 0.3) is 0 Å². The van der Waals surface area contributed by atoms with Gasteiger partial charge in [-0.05, 0) is 57.5 Å². The van der Waals surface area contributed by atoms with Gasteiger partial charge in [-0.2, -0.15) is 0 Å². The normalized spacial score (nSPS) is 14.1. The molecule has 0 saturated carbocycles. The van der Waals surface area contributed by atoms with Crippen molar-refractivity contribution >= 4 is 6.09 Å². The predicted octanol–water partition coefficient (Wildman–Crippen LogP) is 3.37. The largest absolute Gasteiger partial charge is 0.411 e. The molecule has 2 unspecified atom stereocenters. The molecule has 0 fully saturated rings. The highest BCUT2D eigenvalue weighted by Gasteiger charge is 2.16. The van der Waals surface area contributed by atoms with Crippen molar-refractivity contribution in [1.82, 2.24) is 4.90 Å². The van der Waals surface area contributed by atoms with E-state index >= 15 is 0 Å². The van der Waals surface area contributed by atoms with Crippen molar-refractivity contribution in [1.29, 1.82) is 0 Å². The molecule has 1 aromatic rings. The highest BCUT2D eigenvalue weighted by Crippen LogP contribution is 2.28. The van der Waals surface area contributed by atoms with Gasteiger partial charge in [-0.3, -0.25) is 0 Å². The number of benzene rings is 1. The van der Waals surface area contributed by atoms with Crippen LogP contribution in [0.5, 0.6) is 5.75 Å². The van der Waals surface area contributed by atoms with Crippen LogP contribution in [0.15, 0.2) is 24.3 Å². The first-order valence-corrected chi connectivity index (χ1v) is 7.17. The summed E-state index contributed by atoms with van der Waals surface area (Å²) in [6.45, 7) is 4.45. The summed E-state index contributed by atoms with van der Waals surface area (Å²) in [5, 5.41) is 0. The second-order valence-electron chi connectivity index (χ2n) is 5.52. The van der Waals surface area contributed by atoms with Crippen LogP contribution < -0.4 is 10.5 Å². The molecule has 0 bridgehead atoms. The number of nitrogens with two attached hydrogens (primary N) is 1. The SMILES string of the molecule is CCCC(CC(C)N(C)C)c1ccc(OC(N)=O)cc1. The van der Waals surface area contributed by atoms with Crippen molar-refractivity contribution in [2.24, 2.45) is 5.73 Å². The van der Waals surface area contributed by atoms with Gasteiger partial charge in [-0.1, -0.05) is 25.5 Å².